The molecular formula is C13H18OS. The molecular weight excluding hydrogens is 204 g/mol. The Bertz CT molecular complexity index is 316. The first kappa shape index (κ1) is 11.0. The van der Waals surface area contributed by atoms with Gasteiger partial charge in [0.05, 0.1) is 6.10 Å². The van der Waals surface area contributed by atoms with Crippen LogP contribution in [-0.4, -0.2) is 16.6 Å². The standard InChI is InChI=1S/C13H18OS/c1-10(14)12-3-2-4-13(9-12)11-5-7-15-8-6-11/h2-4,9-11,14H,5-8H2,1H3. The lowest BCUT2D eigenvalue weighted by molar-refractivity contribution is 0.199. The van der Waals surface area contributed by atoms with Crippen molar-refractivity contribution in [2.45, 2.75) is 31.8 Å². The van der Waals surface area contributed by atoms with E-state index in [-0.39, 0.29) is 6.10 Å². The molecule has 1 aliphatic rings. The molecule has 0 radical (unpaired) electrons. The Morgan fingerprint density at radius 3 is 2.73 bits per heavy atom. The lowest BCUT2D eigenvalue weighted by atomic mass is 9.91. The first-order chi connectivity index (χ1) is 7.27. The Labute approximate surface area is 95.9 Å². The summed E-state index contributed by atoms with van der Waals surface area (Å²) in [5, 5.41) is 9.54. The Morgan fingerprint density at radius 1 is 1.33 bits per heavy atom. The van der Waals surface area contributed by atoms with Crippen molar-refractivity contribution in [1.29, 1.82) is 0 Å². The van der Waals surface area contributed by atoms with Crippen LogP contribution in [0.2, 0.25) is 0 Å². The van der Waals surface area contributed by atoms with Gasteiger partial charge in [0.15, 0.2) is 0 Å². The summed E-state index contributed by atoms with van der Waals surface area (Å²) in [4.78, 5) is 0. The molecule has 1 aromatic carbocycles. The van der Waals surface area contributed by atoms with Gasteiger partial charge in [0, 0.05) is 0 Å². The van der Waals surface area contributed by atoms with E-state index in [1.165, 1.54) is 29.9 Å². The topological polar surface area (TPSA) is 20.2 Å². The minimum Gasteiger partial charge on any atom is -0.389 e. The van der Waals surface area contributed by atoms with E-state index in [4.69, 9.17) is 0 Å². The second-order valence-corrected chi connectivity index (χ2v) is 5.46. The highest BCUT2D eigenvalue weighted by Gasteiger charge is 2.16. The van der Waals surface area contributed by atoms with E-state index in [0.29, 0.717) is 5.92 Å². The molecule has 1 nitrogen and oxygen atoms in total. The summed E-state index contributed by atoms with van der Waals surface area (Å²) in [6.07, 6.45) is 2.23. The molecule has 0 aliphatic carbocycles. The molecule has 1 atom stereocenters. The van der Waals surface area contributed by atoms with E-state index in [2.05, 4.69) is 30.0 Å². The fourth-order valence-electron chi connectivity index (χ4n) is 2.10. The van der Waals surface area contributed by atoms with Gasteiger partial charge in [-0.05, 0) is 48.3 Å². The summed E-state index contributed by atoms with van der Waals surface area (Å²) in [7, 11) is 0. The number of benzene rings is 1. The molecule has 1 aliphatic heterocycles. The van der Waals surface area contributed by atoms with Crippen molar-refractivity contribution in [3.05, 3.63) is 35.4 Å². The van der Waals surface area contributed by atoms with Crippen LogP contribution in [0.1, 0.15) is 42.9 Å². The van der Waals surface area contributed by atoms with Crippen LogP contribution in [0.5, 0.6) is 0 Å². The van der Waals surface area contributed by atoms with Crippen LogP contribution in [0.4, 0.5) is 0 Å². The van der Waals surface area contributed by atoms with Crippen molar-refractivity contribution in [2.75, 3.05) is 11.5 Å². The van der Waals surface area contributed by atoms with Crippen LogP contribution in [0.3, 0.4) is 0 Å². The third-order valence-corrected chi connectivity index (χ3v) is 4.13. The van der Waals surface area contributed by atoms with E-state index in [0.717, 1.165) is 5.56 Å². The molecule has 1 unspecified atom stereocenters. The second kappa shape index (κ2) is 5.04. The van der Waals surface area contributed by atoms with E-state index in [9.17, 15) is 5.11 Å². The average molecular weight is 222 g/mol. The van der Waals surface area contributed by atoms with Gasteiger partial charge in [-0.25, -0.2) is 0 Å². The normalized spacial score (nSPS) is 20.1. The lowest BCUT2D eigenvalue weighted by Crippen LogP contribution is -2.08. The maximum Gasteiger partial charge on any atom is 0.0762 e. The highest BCUT2D eigenvalue weighted by molar-refractivity contribution is 7.99. The molecule has 82 valence electrons. The first-order valence-corrected chi connectivity index (χ1v) is 6.78. The van der Waals surface area contributed by atoms with Crippen molar-refractivity contribution < 1.29 is 5.11 Å². The van der Waals surface area contributed by atoms with Crippen LogP contribution in [0.25, 0.3) is 0 Å². The summed E-state index contributed by atoms with van der Waals surface area (Å²) in [6, 6.07) is 8.45. The molecule has 1 fully saturated rings. The van der Waals surface area contributed by atoms with Gasteiger partial charge in [-0.3, -0.25) is 0 Å². The highest BCUT2D eigenvalue weighted by atomic mass is 32.2. The number of thioether (sulfide) groups is 1. The van der Waals surface area contributed by atoms with Crippen LogP contribution in [-0.2, 0) is 0 Å². The SMILES string of the molecule is CC(O)c1cccc(C2CCSCC2)c1. The van der Waals surface area contributed by atoms with Crippen molar-refractivity contribution in [2.24, 2.45) is 0 Å². The maximum absolute atomic E-state index is 9.54. The zero-order valence-electron chi connectivity index (χ0n) is 9.15. The fourth-order valence-corrected chi connectivity index (χ4v) is 3.21. The van der Waals surface area contributed by atoms with E-state index in [1.54, 1.807) is 0 Å². The minimum absolute atomic E-state index is 0.345. The largest absolute Gasteiger partial charge is 0.389 e. The summed E-state index contributed by atoms with van der Waals surface area (Å²) in [5.74, 6) is 3.28. The Kier molecular flexibility index (Phi) is 3.71. The van der Waals surface area contributed by atoms with Crippen molar-refractivity contribution in [3.63, 3.8) is 0 Å². The number of aliphatic hydroxyl groups excluding tert-OH is 1. The van der Waals surface area contributed by atoms with Crippen LogP contribution < -0.4 is 0 Å². The molecule has 1 aromatic rings. The summed E-state index contributed by atoms with van der Waals surface area (Å²) < 4.78 is 0. The summed E-state index contributed by atoms with van der Waals surface area (Å²) >= 11 is 2.05. The predicted molar refractivity (Wildman–Crippen MR) is 66.4 cm³/mol. The van der Waals surface area contributed by atoms with E-state index >= 15 is 0 Å². The maximum atomic E-state index is 9.54. The molecule has 15 heavy (non-hydrogen) atoms. The minimum atomic E-state index is -0.345. The first-order valence-electron chi connectivity index (χ1n) is 5.63. The number of rotatable bonds is 2. The Morgan fingerprint density at radius 2 is 2.07 bits per heavy atom. The van der Waals surface area contributed by atoms with Crippen molar-refractivity contribution >= 4 is 11.8 Å². The van der Waals surface area contributed by atoms with Gasteiger partial charge < -0.3 is 5.11 Å². The molecule has 0 saturated carbocycles. The van der Waals surface area contributed by atoms with E-state index < -0.39 is 0 Å². The number of aliphatic hydroxyl groups is 1. The zero-order chi connectivity index (χ0) is 10.7. The molecule has 2 rings (SSSR count). The monoisotopic (exact) mass is 222 g/mol. The molecule has 0 bridgehead atoms. The molecule has 0 amide bonds. The van der Waals surface area contributed by atoms with Gasteiger partial charge >= 0.3 is 0 Å². The third-order valence-electron chi connectivity index (χ3n) is 3.09. The second-order valence-electron chi connectivity index (χ2n) is 4.23. The summed E-state index contributed by atoms with van der Waals surface area (Å²) in [6.45, 7) is 1.83. The van der Waals surface area contributed by atoms with Gasteiger partial charge in [-0.1, -0.05) is 24.3 Å². The van der Waals surface area contributed by atoms with Crippen LogP contribution in [0, 0.1) is 0 Å². The summed E-state index contributed by atoms with van der Waals surface area (Å²) in [5.41, 5.74) is 2.46. The van der Waals surface area contributed by atoms with Gasteiger partial charge in [-0.15, -0.1) is 0 Å². The quantitative estimate of drug-likeness (QED) is 0.828. The van der Waals surface area contributed by atoms with Crippen molar-refractivity contribution in [1.82, 2.24) is 0 Å². The molecule has 1 N–H and O–H groups in total. The third kappa shape index (κ3) is 2.76. The fraction of sp³-hybridized carbons (Fsp3) is 0.538. The smallest absolute Gasteiger partial charge is 0.0762 e. The van der Waals surface area contributed by atoms with Crippen molar-refractivity contribution in [3.8, 4) is 0 Å². The molecule has 0 spiro atoms. The van der Waals surface area contributed by atoms with Crippen LogP contribution >= 0.6 is 11.8 Å². The Balaban J connectivity index is 2.16. The van der Waals surface area contributed by atoms with Gasteiger partial charge in [0.1, 0.15) is 0 Å². The lowest BCUT2D eigenvalue weighted by Gasteiger charge is -2.22. The zero-order valence-corrected chi connectivity index (χ0v) is 9.96. The molecule has 1 heterocycles. The van der Waals surface area contributed by atoms with Gasteiger partial charge in [0.25, 0.3) is 0 Å². The highest BCUT2D eigenvalue weighted by Crippen LogP contribution is 2.32. The predicted octanol–water partition coefficient (Wildman–Crippen LogP) is 3.35. The van der Waals surface area contributed by atoms with Gasteiger partial charge in [0.2, 0.25) is 0 Å². The van der Waals surface area contributed by atoms with E-state index in [1.807, 2.05) is 13.0 Å². The van der Waals surface area contributed by atoms with Gasteiger partial charge in [-0.2, -0.15) is 11.8 Å². The number of hydrogen-bond acceptors (Lipinski definition) is 2. The average Bonchev–Trinajstić information content (AvgIpc) is 2.30. The molecule has 1 saturated heterocycles. The Hall–Kier alpha value is -0.470. The van der Waals surface area contributed by atoms with Crippen LogP contribution in [0.15, 0.2) is 24.3 Å². The molecule has 0 aromatic heterocycles. The number of hydrogen-bond donors (Lipinski definition) is 1. The molecule has 2 heteroatoms.